The summed E-state index contributed by atoms with van der Waals surface area (Å²) in [5, 5.41) is 3.93. The van der Waals surface area contributed by atoms with Gasteiger partial charge in [-0.25, -0.2) is 22.8 Å². The molecule has 2 aromatic carbocycles. The maximum Gasteiger partial charge on any atom is 0.261 e. The monoisotopic (exact) mass is 609 g/mol. The molecule has 43 heavy (non-hydrogen) atoms. The summed E-state index contributed by atoms with van der Waals surface area (Å²) in [7, 11) is -1.56. The van der Waals surface area contributed by atoms with Crippen molar-refractivity contribution in [3.8, 4) is 5.75 Å². The Balaban J connectivity index is 1.23. The summed E-state index contributed by atoms with van der Waals surface area (Å²) in [5.41, 5.74) is 1.92. The van der Waals surface area contributed by atoms with Crippen LogP contribution in [0.4, 0.5) is 10.1 Å². The van der Waals surface area contributed by atoms with Crippen LogP contribution >= 0.6 is 0 Å². The first-order chi connectivity index (χ1) is 20.4. The van der Waals surface area contributed by atoms with Crippen molar-refractivity contribution in [3.63, 3.8) is 0 Å². The van der Waals surface area contributed by atoms with Gasteiger partial charge in [-0.2, -0.15) is 0 Å². The fourth-order valence-electron chi connectivity index (χ4n) is 7.19. The minimum atomic E-state index is -3.05. The zero-order valence-electron chi connectivity index (χ0n) is 25.2. The van der Waals surface area contributed by atoms with Crippen LogP contribution < -0.4 is 15.6 Å². The number of methoxy groups -OCH3 is 1. The molecule has 1 unspecified atom stereocenters. The number of ether oxygens (including phenoxy) is 1. The van der Waals surface area contributed by atoms with Crippen molar-refractivity contribution in [2.45, 2.75) is 52.6 Å². The Labute approximate surface area is 252 Å². The van der Waals surface area contributed by atoms with Gasteiger partial charge in [0.15, 0.2) is 15.8 Å². The van der Waals surface area contributed by atoms with Gasteiger partial charge in [0.1, 0.15) is 11.6 Å². The number of benzene rings is 2. The molecule has 3 aromatic rings. The van der Waals surface area contributed by atoms with E-state index in [1.807, 2.05) is 17.0 Å². The Morgan fingerprint density at radius 1 is 1.16 bits per heavy atom. The van der Waals surface area contributed by atoms with E-state index in [9.17, 15) is 17.6 Å². The fourth-order valence-corrected chi connectivity index (χ4v) is 8.39. The zero-order valence-corrected chi connectivity index (χ0v) is 26.0. The van der Waals surface area contributed by atoms with Crippen LogP contribution in [0.15, 0.2) is 52.5 Å². The van der Waals surface area contributed by atoms with Crippen LogP contribution in [-0.4, -0.2) is 66.6 Å². The van der Waals surface area contributed by atoms with Gasteiger partial charge < -0.3 is 15.0 Å². The summed E-state index contributed by atoms with van der Waals surface area (Å²) in [6, 6.07) is 10.3. The summed E-state index contributed by atoms with van der Waals surface area (Å²) in [4.78, 5) is 25.1. The third-order valence-corrected chi connectivity index (χ3v) is 11.8. The van der Waals surface area contributed by atoms with E-state index in [1.54, 1.807) is 18.2 Å². The second kappa shape index (κ2) is 11.2. The second-order valence-electron chi connectivity index (χ2n) is 12.9. The molecule has 0 spiro atoms. The molecule has 9 nitrogen and oxygen atoms in total. The molecule has 230 valence electrons. The van der Waals surface area contributed by atoms with Crippen LogP contribution in [0.1, 0.15) is 39.2 Å². The van der Waals surface area contributed by atoms with E-state index in [1.165, 1.54) is 30.5 Å². The summed E-state index contributed by atoms with van der Waals surface area (Å²) >= 11 is 0. The van der Waals surface area contributed by atoms with Crippen LogP contribution in [0.3, 0.4) is 0 Å². The molecule has 0 radical (unpaired) electrons. The van der Waals surface area contributed by atoms with E-state index in [-0.39, 0.29) is 35.5 Å². The summed E-state index contributed by atoms with van der Waals surface area (Å²) < 4.78 is 45.3. The highest BCUT2D eigenvalue weighted by atomic mass is 32.2. The lowest BCUT2D eigenvalue weighted by Crippen LogP contribution is -2.57. The third kappa shape index (κ3) is 5.75. The number of rotatable bonds is 6. The summed E-state index contributed by atoms with van der Waals surface area (Å²) in [5.74, 6) is 2.69. The molecular weight excluding hydrogens is 569 g/mol. The molecule has 3 saturated carbocycles. The maximum absolute atomic E-state index is 14.4. The lowest BCUT2D eigenvalue weighted by atomic mass is 9.45. The van der Waals surface area contributed by atoms with Crippen LogP contribution in [0.5, 0.6) is 5.75 Å². The second-order valence-corrected chi connectivity index (χ2v) is 15.2. The first kappa shape index (κ1) is 29.6. The first-order valence-electron chi connectivity index (χ1n) is 15.1. The van der Waals surface area contributed by atoms with Crippen LogP contribution in [0.25, 0.3) is 10.9 Å². The standard InChI is InChI=1S/C32H40FN5O4S/c1-20-26-15-22(32(26,2)3)16-28(20)36-31(37-11-13-43(40,41)14-12-37)35-23-6-8-25-29(17-23)34-19-38(30(25)39)10-9-21-5-7-24(42-4)18-27(21)33/h5-8,17-20,22,26,28H,9-16H2,1-4H3,(H,35,36)/t20-,22-,26+,28?/m0/s1. The highest BCUT2D eigenvalue weighted by Gasteiger charge is 2.56. The number of halogens is 1. The minimum Gasteiger partial charge on any atom is -0.497 e. The number of aliphatic imine (C=N–C) groups is 1. The van der Waals surface area contributed by atoms with Crippen LogP contribution in [0.2, 0.25) is 0 Å². The topological polar surface area (TPSA) is 106 Å². The Morgan fingerprint density at radius 3 is 2.60 bits per heavy atom. The lowest BCUT2D eigenvalue weighted by Gasteiger charge is -2.61. The van der Waals surface area contributed by atoms with Crippen molar-refractivity contribution in [1.29, 1.82) is 0 Å². The number of sulfone groups is 1. The molecule has 4 fully saturated rings. The number of guanidine groups is 1. The molecule has 2 heterocycles. The number of hydrogen-bond acceptors (Lipinski definition) is 6. The van der Waals surface area contributed by atoms with E-state index in [2.05, 4.69) is 31.1 Å². The van der Waals surface area contributed by atoms with Gasteiger partial charge in [0.2, 0.25) is 0 Å². The van der Waals surface area contributed by atoms with E-state index in [0.717, 1.165) is 12.1 Å². The molecule has 1 N–H and O–H groups in total. The SMILES string of the molecule is COc1ccc(CCn2cnc3cc(NC(=NC4C[C@@H]5C[C@H]([C@@H]4C)C5(C)C)N4CCS(=O)(=O)CC4)ccc3c2=O)c(F)c1. The summed E-state index contributed by atoms with van der Waals surface area (Å²) in [6.45, 7) is 8.09. The highest BCUT2D eigenvalue weighted by Crippen LogP contribution is 2.61. The molecule has 11 heteroatoms. The predicted octanol–water partition coefficient (Wildman–Crippen LogP) is 4.36. The maximum atomic E-state index is 14.4. The fraction of sp³-hybridized carbons (Fsp3) is 0.531. The number of fused-ring (bicyclic) bond motifs is 3. The average molecular weight is 610 g/mol. The van der Waals surface area contributed by atoms with E-state index in [4.69, 9.17) is 9.73 Å². The molecular formula is C32H40FN5O4S. The van der Waals surface area contributed by atoms with E-state index >= 15 is 0 Å². The van der Waals surface area contributed by atoms with Crippen LogP contribution in [0, 0.1) is 29.0 Å². The lowest BCUT2D eigenvalue weighted by molar-refractivity contribution is -0.108. The molecule has 1 saturated heterocycles. The van der Waals surface area contributed by atoms with Gasteiger partial charge in [-0.15, -0.1) is 0 Å². The highest BCUT2D eigenvalue weighted by molar-refractivity contribution is 7.91. The van der Waals surface area contributed by atoms with Gasteiger partial charge in [0.05, 0.1) is 41.9 Å². The van der Waals surface area contributed by atoms with Gasteiger partial charge in [0, 0.05) is 31.4 Å². The largest absolute Gasteiger partial charge is 0.497 e. The van der Waals surface area contributed by atoms with E-state index < -0.39 is 9.84 Å². The molecule has 4 aliphatic rings. The summed E-state index contributed by atoms with van der Waals surface area (Å²) in [6.07, 6.45) is 4.12. The molecule has 1 aromatic heterocycles. The van der Waals surface area contributed by atoms with Crippen molar-refractivity contribution in [2.75, 3.05) is 37.0 Å². The van der Waals surface area contributed by atoms with Crippen molar-refractivity contribution < 1.29 is 17.5 Å². The Kier molecular flexibility index (Phi) is 7.73. The van der Waals surface area contributed by atoms with E-state index in [0.29, 0.717) is 70.9 Å². The number of nitrogens with zero attached hydrogens (tertiary/aromatic N) is 4. The van der Waals surface area contributed by atoms with Crippen molar-refractivity contribution in [1.82, 2.24) is 14.5 Å². The Bertz CT molecular complexity index is 1720. The number of hydrogen-bond donors (Lipinski definition) is 1. The number of aryl methyl sites for hydroxylation is 2. The van der Waals surface area contributed by atoms with Gasteiger partial charge >= 0.3 is 0 Å². The smallest absolute Gasteiger partial charge is 0.261 e. The number of anilines is 1. The van der Waals surface area contributed by atoms with Gasteiger partial charge in [0.25, 0.3) is 5.56 Å². The zero-order chi connectivity index (χ0) is 30.5. The minimum absolute atomic E-state index is 0.103. The Morgan fingerprint density at radius 2 is 1.93 bits per heavy atom. The van der Waals surface area contributed by atoms with Gasteiger partial charge in [-0.3, -0.25) is 9.36 Å². The average Bonchev–Trinajstić information content (AvgIpc) is 2.97. The Hall–Kier alpha value is -3.47. The van der Waals surface area contributed by atoms with Crippen molar-refractivity contribution in [3.05, 3.63) is 64.5 Å². The first-order valence-corrected chi connectivity index (χ1v) is 16.9. The van der Waals surface area contributed by atoms with Gasteiger partial charge in [-0.1, -0.05) is 26.8 Å². The third-order valence-electron chi connectivity index (χ3n) is 10.2. The number of aromatic nitrogens is 2. The predicted molar refractivity (Wildman–Crippen MR) is 167 cm³/mol. The van der Waals surface area contributed by atoms with Gasteiger partial charge in [-0.05, 0) is 72.3 Å². The van der Waals surface area contributed by atoms with Crippen molar-refractivity contribution >= 4 is 32.4 Å². The molecule has 4 atom stereocenters. The molecule has 0 amide bonds. The van der Waals surface area contributed by atoms with Crippen molar-refractivity contribution in [2.24, 2.45) is 28.2 Å². The molecule has 7 rings (SSSR count). The number of nitrogens with one attached hydrogen (secondary N) is 1. The van der Waals surface area contributed by atoms with Crippen LogP contribution in [-0.2, 0) is 22.8 Å². The quantitative estimate of drug-likeness (QED) is 0.327. The molecule has 3 aliphatic carbocycles. The molecule has 1 aliphatic heterocycles. The normalized spacial score (nSPS) is 26.2. The molecule has 2 bridgehead atoms.